The van der Waals surface area contributed by atoms with E-state index in [1.54, 1.807) is 0 Å². The maximum absolute atomic E-state index is 12.4. The van der Waals surface area contributed by atoms with Crippen molar-refractivity contribution in [3.63, 3.8) is 0 Å². The fourth-order valence-corrected chi connectivity index (χ4v) is 3.32. The van der Waals surface area contributed by atoms with Gasteiger partial charge < -0.3 is 10.6 Å². The summed E-state index contributed by atoms with van der Waals surface area (Å²) >= 11 is 0. The number of nitrogens with two attached hydrogens (primary N) is 1. The number of nitrogen functional groups attached to an aromatic ring is 1. The van der Waals surface area contributed by atoms with Gasteiger partial charge in [0.2, 0.25) is 5.91 Å². The van der Waals surface area contributed by atoms with Crippen molar-refractivity contribution in [3.8, 4) is 0 Å². The summed E-state index contributed by atoms with van der Waals surface area (Å²) in [5.41, 5.74) is 7.80. The number of rotatable bonds is 5. The monoisotopic (exact) mass is 324 g/mol. The Kier molecular flexibility index (Phi) is 7.74. The molecular formula is C18H29ClN2O. The molecule has 1 aromatic rings. The van der Waals surface area contributed by atoms with Crippen LogP contribution >= 0.6 is 12.4 Å². The summed E-state index contributed by atoms with van der Waals surface area (Å²) in [7, 11) is 1.97. The number of carbonyl (C=O) groups is 1. The van der Waals surface area contributed by atoms with Gasteiger partial charge in [0.1, 0.15) is 0 Å². The van der Waals surface area contributed by atoms with Crippen LogP contribution in [0.15, 0.2) is 24.3 Å². The van der Waals surface area contributed by atoms with E-state index in [1.807, 2.05) is 36.2 Å². The lowest BCUT2D eigenvalue weighted by Crippen LogP contribution is -2.39. The number of benzene rings is 1. The Bertz CT molecular complexity index is 470. The van der Waals surface area contributed by atoms with E-state index in [0.717, 1.165) is 36.4 Å². The first-order chi connectivity index (χ1) is 10.1. The Labute approximate surface area is 140 Å². The number of nitrogens with zero attached hydrogens (tertiary/aromatic N) is 1. The Balaban J connectivity index is 0.00000242. The van der Waals surface area contributed by atoms with Crippen LogP contribution in [0.25, 0.3) is 0 Å². The van der Waals surface area contributed by atoms with Gasteiger partial charge in [-0.25, -0.2) is 0 Å². The molecule has 0 unspecified atom stereocenters. The highest BCUT2D eigenvalue weighted by Crippen LogP contribution is 2.29. The minimum Gasteiger partial charge on any atom is -0.399 e. The van der Waals surface area contributed by atoms with Gasteiger partial charge in [-0.1, -0.05) is 31.5 Å². The lowest BCUT2D eigenvalue weighted by molar-refractivity contribution is -0.132. The van der Waals surface area contributed by atoms with Crippen molar-refractivity contribution in [3.05, 3.63) is 29.8 Å². The van der Waals surface area contributed by atoms with Gasteiger partial charge in [0, 0.05) is 25.2 Å². The first-order valence-electron chi connectivity index (χ1n) is 8.20. The highest BCUT2D eigenvalue weighted by atomic mass is 35.5. The zero-order valence-corrected chi connectivity index (χ0v) is 14.6. The number of carbonyl (C=O) groups excluding carboxylic acids is 1. The first-order valence-corrected chi connectivity index (χ1v) is 8.20. The molecule has 0 atom stereocenters. The molecule has 0 aliphatic heterocycles. The van der Waals surface area contributed by atoms with Crippen LogP contribution in [-0.2, 0) is 11.2 Å². The normalized spacial score (nSPS) is 21.0. The molecule has 0 heterocycles. The highest BCUT2D eigenvalue weighted by molar-refractivity contribution is 5.85. The van der Waals surface area contributed by atoms with Crippen LogP contribution in [0.4, 0.5) is 5.69 Å². The van der Waals surface area contributed by atoms with Crippen LogP contribution in [0.3, 0.4) is 0 Å². The molecule has 0 radical (unpaired) electrons. The van der Waals surface area contributed by atoms with Crippen molar-refractivity contribution in [1.82, 2.24) is 4.90 Å². The minimum absolute atomic E-state index is 0. The Morgan fingerprint density at radius 3 is 2.45 bits per heavy atom. The van der Waals surface area contributed by atoms with E-state index < -0.39 is 0 Å². The summed E-state index contributed by atoms with van der Waals surface area (Å²) in [6.45, 7) is 2.27. The van der Waals surface area contributed by atoms with Crippen molar-refractivity contribution in [2.75, 3.05) is 12.8 Å². The average molecular weight is 325 g/mol. The second kappa shape index (κ2) is 9.04. The number of hydrogen-bond acceptors (Lipinski definition) is 2. The summed E-state index contributed by atoms with van der Waals surface area (Å²) in [5, 5.41) is 0. The Morgan fingerprint density at radius 2 is 1.86 bits per heavy atom. The van der Waals surface area contributed by atoms with E-state index >= 15 is 0 Å². The lowest BCUT2D eigenvalue weighted by Gasteiger charge is -2.34. The maximum Gasteiger partial charge on any atom is 0.222 e. The molecule has 22 heavy (non-hydrogen) atoms. The minimum atomic E-state index is 0. The molecule has 3 nitrogen and oxygen atoms in total. The van der Waals surface area contributed by atoms with E-state index in [1.165, 1.54) is 19.3 Å². The molecule has 124 valence electrons. The summed E-state index contributed by atoms with van der Waals surface area (Å²) < 4.78 is 0. The van der Waals surface area contributed by atoms with Gasteiger partial charge in [0.15, 0.2) is 0 Å². The average Bonchev–Trinajstić information content (AvgIpc) is 2.53. The highest BCUT2D eigenvalue weighted by Gasteiger charge is 2.25. The van der Waals surface area contributed by atoms with Crippen molar-refractivity contribution in [1.29, 1.82) is 0 Å². The summed E-state index contributed by atoms with van der Waals surface area (Å²) in [6, 6.07) is 8.25. The van der Waals surface area contributed by atoms with Crippen LogP contribution in [-0.4, -0.2) is 23.9 Å². The van der Waals surface area contributed by atoms with Crippen LogP contribution in [0.5, 0.6) is 0 Å². The molecule has 0 saturated heterocycles. The van der Waals surface area contributed by atoms with E-state index in [-0.39, 0.29) is 18.3 Å². The zero-order chi connectivity index (χ0) is 15.2. The van der Waals surface area contributed by atoms with Crippen LogP contribution < -0.4 is 5.73 Å². The van der Waals surface area contributed by atoms with Gasteiger partial charge in [0.25, 0.3) is 0 Å². The molecule has 2 rings (SSSR count). The Hall–Kier alpha value is -1.22. The maximum atomic E-state index is 12.4. The third-order valence-corrected chi connectivity index (χ3v) is 5.00. The second-order valence-electron chi connectivity index (χ2n) is 6.29. The molecule has 1 aliphatic carbocycles. The van der Waals surface area contributed by atoms with Gasteiger partial charge in [0.05, 0.1) is 0 Å². The largest absolute Gasteiger partial charge is 0.399 e. The van der Waals surface area contributed by atoms with E-state index in [4.69, 9.17) is 5.73 Å². The first kappa shape index (κ1) is 18.8. The number of para-hydroxylation sites is 1. The number of halogens is 1. The number of anilines is 1. The predicted molar refractivity (Wildman–Crippen MR) is 95.2 cm³/mol. The molecule has 0 aromatic heterocycles. The fourth-order valence-electron chi connectivity index (χ4n) is 3.32. The van der Waals surface area contributed by atoms with Crippen LogP contribution in [0.2, 0.25) is 0 Å². The number of aryl methyl sites for hydroxylation is 1. The third-order valence-electron chi connectivity index (χ3n) is 5.00. The fraction of sp³-hybridized carbons (Fsp3) is 0.611. The Morgan fingerprint density at radius 1 is 1.23 bits per heavy atom. The third kappa shape index (κ3) is 4.91. The summed E-state index contributed by atoms with van der Waals surface area (Å²) in [6.07, 6.45) is 7.42. The van der Waals surface area contributed by atoms with Crippen molar-refractivity contribution < 1.29 is 4.79 Å². The quantitative estimate of drug-likeness (QED) is 0.830. The summed E-state index contributed by atoms with van der Waals surface area (Å²) in [5.74, 6) is 1.12. The molecule has 1 fully saturated rings. The molecule has 0 bridgehead atoms. The van der Waals surface area contributed by atoms with Gasteiger partial charge >= 0.3 is 0 Å². The van der Waals surface area contributed by atoms with Gasteiger partial charge in [-0.3, -0.25) is 4.79 Å². The standard InChI is InChI=1S/C18H28N2O.ClH/c1-3-14-8-11-16(12-9-14)20(2)18(21)13-10-15-6-4-5-7-17(15)19;/h4-7,14,16H,3,8-13,19H2,1-2H3;1H. The molecule has 1 saturated carbocycles. The van der Waals surface area contributed by atoms with Crippen LogP contribution in [0.1, 0.15) is 51.0 Å². The van der Waals surface area contributed by atoms with E-state index in [2.05, 4.69) is 6.92 Å². The van der Waals surface area contributed by atoms with Gasteiger partial charge in [-0.05, 0) is 49.7 Å². The lowest BCUT2D eigenvalue weighted by atomic mass is 9.84. The van der Waals surface area contributed by atoms with Crippen molar-refractivity contribution in [2.45, 2.75) is 57.9 Å². The molecule has 1 amide bonds. The van der Waals surface area contributed by atoms with Gasteiger partial charge in [-0.15, -0.1) is 12.4 Å². The van der Waals surface area contributed by atoms with Crippen LogP contribution in [0, 0.1) is 5.92 Å². The van der Waals surface area contributed by atoms with E-state index in [9.17, 15) is 4.79 Å². The molecule has 1 aliphatic rings. The second-order valence-corrected chi connectivity index (χ2v) is 6.29. The summed E-state index contributed by atoms with van der Waals surface area (Å²) in [4.78, 5) is 14.3. The topological polar surface area (TPSA) is 46.3 Å². The van der Waals surface area contributed by atoms with Gasteiger partial charge in [-0.2, -0.15) is 0 Å². The smallest absolute Gasteiger partial charge is 0.222 e. The van der Waals surface area contributed by atoms with Crippen molar-refractivity contribution in [2.24, 2.45) is 5.92 Å². The molecular weight excluding hydrogens is 296 g/mol. The molecule has 2 N–H and O–H groups in total. The predicted octanol–water partition coefficient (Wildman–Crippen LogP) is 4.05. The number of hydrogen-bond donors (Lipinski definition) is 1. The molecule has 1 aromatic carbocycles. The van der Waals surface area contributed by atoms with Crippen molar-refractivity contribution >= 4 is 24.0 Å². The number of amides is 1. The molecule has 0 spiro atoms. The zero-order valence-electron chi connectivity index (χ0n) is 13.8. The van der Waals surface area contributed by atoms with E-state index in [0.29, 0.717) is 12.5 Å². The SMILES string of the molecule is CCC1CCC(N(C)C(=O)CCc2ccccc2N)CC1.Cl. The molecule has 4 heteroatoms.